The van der Waals surface area contributed by atoms with Crippen LogP contribution in [0.2, 0.25) is 0 Å². The molecule has 0 atom stereocenters. The van der Waals surface area contributed by atoms with Crippen LogP contribution in [0.25, 0.3) is 0 Å². The van der Waals surface area contributed by atoms with Crippen molar-refractivity contribution in [3.05, 3.63) is 24.3 Å². The molecule has 0 aromatic heterocycles. The number of carbonyl (C=O) groups is 1. The zero-order valence-electron chi connectivity index (χ0n) is 7.50. The summed E-state index contributed by atoms with van der Waals surface area (Å²) in [5.74, 6) is -0.322. The van der Waals surface area contributed by atoms with Crippen LogP contribution in [0.1, 0.15) is 0 Å². The van der Waals surface area contributed by atoms with E-state index in [2.05, 4.69) is 0 Å². The van der Waals surface area contributed by atoms with Crippen LogP contribution in [-0.2, 0) is 4.79 Å². The second-order valence-electron chi connectivity index (χ2n) is 2.74. The van der Waals surface area contributed by atoms with Crippen molar-refractivity contribution < 1.29 is 4.79 Å². The second-order valence-corrected chi connectivity index (χ2v) is 5.05. The summed E-state index contributed by atoms with van der Waals surface area (Å²) in [5.41, 5.74) is 0.784. The molecule has 73 valence electrons. The van der Waals surface area contributed by atoms with Crippen molar-refractivity contribution >= 4 is 55.7 Å². The first-order valence-corrected chi connectivity index (χ1v) is 5.82. The average molecular weight is 290 g/mol. The Morgan fingerprint density at radius 2 is 1.86 bits per heavy atom. The standard InChI is InChI=1S/C9H8Cl2GeNO/c1-13(9(14)8(10)11)7-4-2-6(12)3-5-7/h2-5,8H,1H3. The summed E-state index contributed by atoms with van der Waals surface area (Å²) in [5, 5.41) is 0. The molecule has 1 rings (SSSR count). The first-order valence-electron chi connectivity index (χ1n) is 3.90. The van der Waals surface area contributed by atoms with Gasteiger partial charge in [0, 0.05) is 0 Å². The van der Waals surface area contributed by atoms with Crippen LogP contribution in [0.4, 0.5) is 5.69 Å². The van der Waals surface area contributed by atoms with E-state index < -0.39 is 4.84 Å². The van der Waals surface area contributed by atoms with Gasteiger partial charge in [-0.25, -0.2) is 0 Å². The zero-order chi connectivity index (χ0) is 10.7. The van der Waals surface area contributed by atoms with Crippen LogP contribution in [0.3, 0.4) is 0 Å². The van der Waals surface area contributed by atoms with Crippen molar-refractivity contribution in [1.82, 2.24) is 0 Å². The minimum atomic E-state index is -1.01. The molecule has 2 nitrogen and oxygen atoms in total. The van der Waals surface area contributed by atoms with Crippen molar-refractivity contribution in [3.8, 4) is 0 Å². The third-order valence-corrected chi connectivity index (χ3v) is 2.84. The van der Waals surface area contributed by atoms with Gasteiger partial charge in [0.1, 0.15) is 0 Å². The Labute approximate surface area is 101 Å². The Kier molecular flexibility index (Phi) is 4.29. The van der Waals surface area contributed by atoms with E-state index in [1.807, 2.05) is 40.8 Å². The van der Waals surface area contributed by atoms with Crippen molar-refractivity contribution in [3.63, 3.8) is 0 Å². The van der Waals surface area contributed by atoms with E-state index in [-0.39, 0.29) is 5.91 Å². The maximum atomic E-state index is 11.4. The predicted molar refractivity (Wildman–Crippen MR) is 60.7 cm³/mol. The van der Waals surface area contributed by atoms with Gasteiger partial charge in [-0.15, -0.1) is 0 Å². The van der Waals surface area contributed by atoms with Crippen molar-refractivity contribution in [1.29, 1.82) is 0 Å². The molecule has 1 aromatic rings. The zero-order valence-corrected chi connectivity index (χ0v) is 11.1. The molecular weight excluding hydrogens is 282 g/mol. The molecule has 14 heavy (non-hydrogen) atoms. The van der Waals surface area contributed by atoms with Gasteiger partial charge in [-0.05, 0) is 0 Å². The molecule has 0 heterocycles. The summed E-state index contributed by atoms with van der Waals surface area (Å²) in [6.45, 7) is 0. The monoisotopic (exact) mass is 290 g/mol. The molecular formula is C9H8Cl2GeNO. The molecule has 0 aliphatic carbocycles. The summed E-state index contributed by atoms with van der Waals surface area (Å²) in [4.78, 5) is 11.8. The van der Waals surface area contributed by atoms with Crippen LogP contribution in [-0.4, -0.2) is 34.3 Å². The molecule has 0 fully saturated rings. The van der Waals surface area contributed by atoms with Gasteiger partial charge >= 0.3 is 102 Å². The molecule has 3 radical (unpaired) electrons. The fourth-order valence-electron chi connectivity index (χ4n) is 0.959. The van der Waals surface area contributed by atoms with E-state index in [9.17, 15) is 4.79 Å². The number of carbonyl (C=O) groups excluding carboxylic acids is 1. The number of anilines is 1. The molecule has 0 aliphatic rings. The Bertz CT molecular complexity index is 326. The van der Waals surface area contributed by atoms with E-state index in [0.717, 1.165) is 10.1 Å². The van der Waals surface area contributed by atoms with Gasteiger partial charge in [-0.1, -0.05) is 0 Å². The molecule has 0 saturated heterocycles. The number of hydrogen-bond donors (Lipinski definition) is 0. The summed E-state index contributed by atoms with van der Waals surface area (Å²) in [6.07, 6.45) is 0. The molecule has 1 aromatic carbocycles. The van der Waals surface area contributed by atoms with Crippen LogP contribution in [0, 0.1) is 0 Å². The summed E-state index contributed by atoms with van der Waals surface area (Å²) in [7, 11) is 1.64. The minimum absolute atomic E-state index is 0.322. The first-order chi connectivity index (χ1) is 6.52. The Balaban J connectivity index is 2.84. The quantitative estimate of drug-likeness (QED) is 0.593. The van der Waals surface area contributed by atoms with E-state index in [4.69, 9.17) is 23.2 Å². The van der Waals surface area contributed by atoms with Gasteiger partial charge in [0.15, 0.2) is 0 Å². The van der Waals surface area contributed by atoms with Crippen LogP contribution < -0.4 is 9.30 Å². The van der Waals surface area contributed by atoms with E-state index in [1.165, 1.54) is 4.90 Å². The van der Waals surface area contributed by atoms with E-state index >= 15 is 0 Å². The molecule has 0 bridgehead atoms. The van der Waals surface area contributed by atoms with Crippen LogP contribution in [0.5, 0.6) is 0 Å². The van der Waals surface area contributed by atoms with E-state index in [1.54, 1.807) is 7.05 Å². The van der Waals surface area contributed by atoms with Gasteiger partial charge in [0.2, 0.25) is 0 Å². The number of benzene rings is 1. The fraction of sp³-hybridized carbons (Fsp3) is 0.222. The molecule has 5 heteroatoms. The molecule has 0 spiro atoms. The fourth-order valence-corrected chi connectivity index (χ4v) is 1.60. The van der Waals surface area contributed by atoms with Crippen molar-refractivity contribution in [2.75, 3.05) is 11.9 Å². The number of amides is 1. The van der Waals surface area contributed by atoms with Crippen molar-refractivity contribution in [2.45, 2.75) is 4.84 Å². The van der Waals surface area contributed by atoms with Crippen molar-refractivity contribution in [2.24, 2.45) is 0 Å². The Hall–Kier alpha value is -0.187. The van der Waals surface area contributed by atoms with Gasteiger partial charge in [0.25, 0.3) is 0 Å². The molecule has 0 saturated carbocycles. The third-order valence-electron chi connectivity index (χ3n) is 1.77. The molecule has 0 unspecified atom stereocenters. The molecule has 1 amide bonds. The van der Waals surface area contributed by atoms with Crippen LogP contribution >= 0.6 is 23.2 Å². The van der Waals surface area contributed by atoms with Gasteiger partial charge in [-0.2, -0.15) is 0 Å². The van der Waals surface area contributed by atoms with E-state index in [0.29, 0.717) is 0 Å². The first kappa shape index (κ1) is 11.9. The summed E-state index contributed by atoms with van der Waals surface area (Å²) in [6, 6.07) is 7.56. The Morgan fingerprint density at radius 1 is 1.36 bits per heavy atom. The van der Waals surface area contributed by atoms with Gasteiger partial charge in [-0.3, -0.25) is 0 Å². The summed E-state index contributed by atoms with van der Waals surface area (Å²) < 4.78 is 1.14. The summed E-state index contributed by atoms with van der Waals surface area (Å²) >= 11 is 12.9. The normalized spacial score (nSPS) is 10.4. The predicted octanol–water partition coefficient (Wildman–Crippen LogP) is 1.25. The number of nitrogens with zero attached hydrogens (tertiary/aromatic N) is 1. The number of hydrogen-bond acceptors (Lipinski definition) is 1. The Morgan fingerprint density at radius 3 is 2.29 bits per heavy atom. The number of alkyl halides is 2. The van der Waals surface area contributed by atoms with Gasteiger partial charge in [0.05, 0.1) is 0 Å². The second kappa shape index (κ2) is 5.05. The number of halogens is 2. The molecule has 0 aliphatic heterocycles. The maximum absolute atomic E-state index is 11.4. The van der Waals surface area contributed by atoms with Gasteiger partial charge < -0.3 is 0 Å². The van der Waals surface area contributed by atoms with Crippen LogP contribution in [0.15, 0.2) is 24.3 Å². The topological polar surface area (TPSA) is 20.3 Å². The third kappa shape index (κ3) is 2.90. The average Bonchev–Trinajstić information content (AvgIpc) is 2.16. The SMILES string of the molecule is CN(C(=O)C(Cl)Cl)c1cc[c]([Ge])cc1. The molecule has 0 N–H and O–H groups in total. The number of rotatable bonds is 2.